The van der Waals surface area contributed by atoms with Crippen molar-refractivity contribution in [1.29, 1.82) is 0 Å². The van der Waals surface area contributed by atoms with Gasteiger partial charge in [0.25, 0.3) is 11.8 Å². The zero-order valence-corrected chi connectivity index (χ0v) is 24.9. The van der Waals surface area contributed by atoms with Gasteiger partial charge in [-0.05, 0) is 49.1 Å². The van der Waals surface area contributed by atoms with E-state index in [1.165, 1.54) is 17.4 Å². The number of hydrogen-bond donors (Lipinski definition) is 0. The Morgan fingerprint density at radius 3 is 1.91 bits per heavy atom. The summed E-state index contributed by atoms with van der Waals surface area (Å²) in [5.41, 5.74) is -2.16. The van der Waals surface area contributed by atoms with Gasteiger partial charge in [-0.25, -0.2) is 0 Å². The zero-order valence-electron chi connectivity index (χ0n) is 24.9. The van der Waals surface area contributed by atoms with Gasteiger partial charge in [-0.2, -0.15) is 26.3 Å². The minimum atomic E-state index is -5.04. The summed E-state index contributed by atoms with van der Waals surface area (Å²) >= 11 is 0. The molecule has 2 atom stereocenters. The maximum absolute atomic E-state index is 13.7. The molecule has 0 spiro atoms. The van der Waals surface area contributed by atoms with Crippen LogP contribution in [0.1, 0.15) is 50.2 Å². The molecule has 0 aliphatic carbocycles. The second kappa shape index (κ2) is 12.7. The van der Waals surface area contributed by atoms with Crippen LogP contribution in [-0.2, 0) is 18.8 Å². The van der Waals surface area contributed by atoms with Gasteiger partial charge >= 0.3 is 12.4 Å². The first-order valence-corrected chi connectivity index (χ1v) is 15.3. The van der Waals surface area contributed by atoms with Crippen LogP contribution in [-0.4, -0.2) is 95.4 Å². The summed E-state index contributed by atoms with van der Waals surface area (Å²) in [6.07, 6.45) is -5.64. The van der Waals surface area contributed by atoms with Crippen molar-refractivity contribution in [3.8, 4) is 0 Å². The van der Waals surface area contributed by atoms with Gasteiger partial charge in [-0.15, -0.1) is 0 Å². The molecule has 3 saturated heterocycles. The number of benzene rings is 2. The lowest BCUT2D eigenvalue weighted by atomic mass is 9.90. The number of likely N-dealkylation sites (tertiary alicyclic amines) is 2. The largest absolute Gasteiger partial charge is 0.472 e. The van der Waals surface area contributed by atoms with E-state index in [2.05, 4.69) is 9.80 Å². The van der Waals surface area contributed by atoms with Crippen molar-refractivity contribution in [1.82, 2.24) is 19.6 Å². The van der Waals surface area contributed by atoms with Gasteiger partial charge in [0.15, 0.2) is 0 Å². The molecule has 13 heteroatoms. The number of piperidine rings is 1. The number of hydrogen-bond acceptors (Lipinski definition) is 5. The van der Waals surface area contributed by atoms with Crippen LogP contribution in [0.15, 0.2) is 71.5 Å². The van der Waals surface area contributed by atoms with Crippen LogP contribution in [0.5, 0.6) is 0 Å². The third kappa shape index (κ3) is 6.95. The van der Waals surface area contributed by atoms with Gasteiger partial charge in [-0.1, -0.05) is 30.3 Å². The van der Waals surface area contributed by atoms with Crippen LogP contribution in [0.2, 0.25) is 0 Å². The number of amides is 2. The highest BCUT2D eigenvalue weighted by Crippen LogP contribution is 2.37. The van der Waals surface area contributed by atoms with E-state index in [4.69, 9.17) is 4.42 Å². The Hall–Kier alpha value is -3.84. The highest BCUT2D eigenvalue weighted by Gasteiger charge is 2.41. The summed E-state index contributed by atoms with van der Waals surface area (Å²) in [5.74, 6) is -0.880. The van der Waals surface area contributed by atoms with Crippen LogP contribution in [0.25, 0.3) is 0 Å². The molecular formula is C33H34F6N4O3. The average Bonchev–Trinajstić information content (AvgIpc) is 3.55. The monoisotopic (exact) mass is 648 g/mol. The molecule has 6 rings (SSSR count). The number of nitrogens with zero attached hydrogens (tertiary/aromatic N) is 4. The summed E-state index contributed by atoms with van der Waals surface area (Å²) in [4.78, 5) is 34.2. The maximum atomic E-state index is 13.7. The van der Waals surface area contributed by atoms with E-state index in [-0.39, 0.29) is 30.6 Å². The highest BCUT2D eigenvalue weighted by atomic mass is 19.4. The lowest BCUT2D eigenvalue weighted by Crippen LogP contribution is -2.65. The van der Waals surface area contributed by atoms with Crippen LogP contribution in [0.3, 0.4) is 0 Å². The van der Waals surface area contributed by atoms with Crippen molar-refractivity contribution in [3.63, 3.8) is 0 Å². The minimum Gasteiger partial charge on any atom is -0.472 e. The Morgan fingerprint density at radius 2 is 1.35 bits per heavy atom. The smallest absolute Gasteiger partial charge is 0.416 e. The van der Waals surface area contributed by atoms with Crippen LogP contribution >= 0.6 is 0 Å². The normalized spacial score (nSPS) is 22.1. The molecule has 246 valence electrons. The highest BCUT2D eigenvalue weighted by molar-refractivity contribution is 5.95. The number of piperazine rings is 1. The fourth-order valence-electron chi connectivity index (χ4n) is 6.84. The SMILES string of the molecule is O=C(c1ccoc1)N1CC(N2CCN([C@H]3CCN(C(=O)c4cc(C(F)(F)F)cc(C(F)(F)F)c4)[C@H](Cc4ccccc4)C3)CC2)C1. The number of alkyl halides is 6. The standard InChI is InChI=1S/C33H34F6N4O3/c34-32(35,36)25-15-24(16-26(17-25)33(37,38)39)31(45)43-8-6-27(18-28(43)14-22-4-2-1-3-5-22)40-9-11-41(12-10-40)29-19-42(20-29)30(44)23-7-13-46-21-23/h1-5,7,13,15-17,21,27-29H,6,8-12,14,18-20H2/t27-,28+/m0/s1. The molecule has 3 aliphatic rings. The van der Waals surface area contributed by atoms with Crippen molar-refractivity contribution in [2.45, 2.75) is 49.7 Å². The first kappa shape index (κ1) is 32.1. The van der Waals surface area contributed by atoms with E-state index < -0.39 is 41.0 Å². The van der Waals surface area contributed by atoms with Crippen LogP contribution < -0.4 is 0 Å². The van der Waals surface area contributed by atoms with Gasteiger partial charge in [0.2, 0.25) is 0 Å². The first-order valence-electron chi connectivity index (χ1n) is 15.3. The van der Waals surface area contributed by atoms with Gasteiger partial charge in [-0.3, -0.25) is 19.4 Å². The molecule has 2 aromatic carbocycles. The molecule has 3 aromatic rings. The lowest BCUT2D eigenvalue weighted by Gasteiger charge is -2.50. The lowest BCUT2D eigenvalue weighted by molar-refractivity contribution is -0.143. The molecule has 4 heterocycles. The molecule has 0 unspecified atom stereocenters. The molecular weight excluding hydrogens is 614 g/mol. The molecule has 0 saturated carbocycles. The summed E-state index contributed by atoms with van der Waals surface area (Å²) in [7, 11) is 0. The molecule has 0 N–H and O–H groups in total. The zero-order chi connectivity index (χ0) is 32.6. The molecule has 46 heavy (non-hydrogen) atoms. The van der Waals surface area contributed by atoms with Crippen LogP contribution in [0.4, 0.5) is 26.3 Å². The van der Waals surface area contributed by atoms with Crippen LogP contribution in [0, 0.1) is 0 Å². The predicted molar refractivity (Wildman–Crippen MR) is 156 cm³/mol. The minimum absolute atomic E-state index is 0.0443. The van der Waals surface area contributed by atoms with Gasteiger partial charge in [0.05, 0.1) is 23.0 Å². The third-order valence-electron chi connectivity index (χ3n) is 9.40. The van der Waals surface area contributed by atoms with E-state index in [9.17, 15) is 35.9 Å². The Labute approximate surface area is 262 Å². The molecule has 3 aliphatic heterocycles. The number of carbonyl (C=O) groups is 2. The predicted octanol–water partition coefficient (Wildman–Crippen LogP) is 5.68. The number of halogens is 6. The number of carbonyl (C=O) groups excluding carboxylic acids is 2. The Bertz CT molecular complexity index is 1480. The molecule has 2 amide bonds. The van der Waals surface area contributed by atoms with Crippen molar-refractivity contribution < 1.29 is 40.3 Å². The van der Waals surface area contributed by atoms with E-state index in [1.807, 2.05) is 30.3 Å². The van der Waals surface area contributed by atoms with Crippen molar-refractivity contribution in [2.24, 2.45) is 0 Å². The molecule has 7 nitrogen and oxygen atoms in total. The van der Waals surface area contributed by atoms with Crippen molar-refractivity contribution >= 4 is 11.8 Å². The second-order valence-corrected chi connectivity index (χ2v) is 12.3. The van der Waals surface area contributed by atoms with Gasteiger partial charge < -0.3 is 14.2 Å². The summed E-state index contributed by atoms with van der Waals surface area (Å²) in [6, 6.07) is 12.1. The first-order chi connectivity index (χ1) is 21.9. The maximum Gasteiger partial charge on any atom is 0.416 e. The van der Waals surface area contributed by atoms with E-state index in [1.54, 1.807) is 11.0 Å². The van der Waals surface area contributed by atoms with E-state index in [0.717, 1.165) is 31.7 Å². The Kier molecular flexibility index (Phi) is 8.90. The number of furan rings is 1. The summed E-state index contributed by atoms with van der Waals surface area (Å²) in [6.45, 7) is 4.70. The number of rotatable bonds is 6. The van der Waals surface area contributed by atoms with Crippen molar-refractivity contribution in [2.75, 3.05) is 45.8 Å². The molecule has 0 radical (unpaired) electrons. The Morgan fingerprint density at radius 1 is 0.739 bits per heavy atom. The fourth-order valence-corrected chi connectivity index (χ4v) is 6.84. The van der Waals surface area contributed by atoms with Gasteiger partial charge in [0, 0.05) is 69.5 Å². The summed E-state index contributed by atoms with van der Waals surface area (Å²) in [5, 5.41) is 0. The Balaban J connectivity index is 1.13. The average molecular weight is 649 g/mol. The third-order valence-corrected chi connectivity index (χ3v) is 9.40. The van der Waals surface area contributed by atoms with E-state index in [0.29, 0.717) is 50.0 Å². The summed E-state index contributed by atoms with van der Waals surface area (Å²) < 4.78 is 86.4. The molecule has 0 bridgehead atoms. The molecule has 1 aromatic heterocycles. The second-order valence-electron chi connectivity index (χ2n) is 12.3. The van der Waals surface area contributed by atoms with E-state index >= 15 is 0 Å². The molecule has 3 fully saturated rings. The topological polar surface area (TPSA) is 60.2 Å². The fraction of sp³-hybridized carbons (Fsp3) is 0.455. The van der Waals surface area contributed by atoms with Gasteiger partial charge in [0.1, 0.15) is 6.26 Å². The quantitative estimate of drug-likeness (QED) is 0.323. The van der Waals surface area contributed by atoms with Crippen molar-refractivity contribution in [3.05, 3.63) is 94.9 Å².